The minimum atomic E-state index is -0.389. The molecule has 0 spiro atoms. The summed E-state index contributed by atoms with van der Waals surface area (Å²) in [6.45, 7) is 2.48. The zero-order valence-corrected chi connectivity index (χ0v) is 7.23. The van der Waals surface area contributed by atoms with E-state index < -0.39 is 0 Å². The predicted molar refractivity (Wildman–Crippen MR) is 43.2 cm³/mol. The third-order valence-corrected chi connectivity index (χ3v) is 1.95. The zero-order chi connectivity index (χ0) is 9.42. The predicted octanol–water partition coefficient (Wildman–Crippen LogP) is -0.200. The summed E-state index contributed by atoms with van der Waals surface area (Å²) in [7, 11) is 0. The number of carbonyl (C=O) groups is 1. The quantitative estimate of drug-likeness (QED) is 0.653. The molecule has 1 aliphatic rings. The molecule has 1 aliphatic heterocycles. The van der Waals surface area contributed by atoms with Crippen molar-refractivity contribution < 1.29 is 14.3 Å². The lowest BCUT2D eigenvalue weighted by Gasteiger charge is -2.34. The lowest BCUT2D eigenvalue weighted by Crippen LogP contribution is -2.53. The number of hydrogen-bond donors (Lipinski definition) is 1. The van der Waals surface area contributed by atoms with Crippen LogP contribution in [-0.4, -0.2) is 40.1 Å². The van der Waals surface area contributed by atoms with Gasteiger partial charge in [0.05, 0.1) is 12.3 Å². The number of aliphatic hydroxyl groups is 1. The highest BCUT2D eigenvalue weighted by molar-refractivity contribution is 5.90. The van der Waals surface area contributed by atoms with E-state index in [-0.39, 0.29) is 17.9 Å². The molecule has 2 heterocycles. The maximum absolute atomic E-state index is 11.4. The number of likely N-dealkylation sites (tertiary alicyclic amines) is 1. The van der Waals surface area contributed by atoms with Crippen LogP contribution in [0, 0.1) is 6.92 Å². The maximum atomic E-state index is 11.4. The second kappa shape index (κ2) is 2.85. The molecule has 0 bridgehead atoms. The van der Waals surface area contributed by atoms with Crippen molar-refractivity contribution in [2.75, 3.05) is 13.1 Å². The third-order valence-electron chi connectivity index (χ3n) is 1.95. The average Bonchev–Trinajstić information content (AvgIpc) is 2.45. The van der Waals surface area contributed by atoms with E-state index >= 15 is 0 Å². The standard InChI is InChI=1S/C8H10N2O3/c1-5-2-9-7(13-5)8(12)10-3-6(11)4-10/h2,6,11H,3-4H2,1H3. The molecule has 0 saturated carbocycles. The number of oxazole rings is 1. The average molecular weight is 182 g/mol. The molecule has 1 saturated heterocycles. The van der Waals surface area contributed by atoms with E-state index in [9.17, 15) is 4.79 Å². The molecule has 1 aromatic rings. The molecule has 2 rings (SSSR count). The Morgan fingerprint density at radius 2 is 2.46 bits per heavy atom. The topological polar surface area (TPSA) is 66.6 Å². The highest BCUT2D eigenvalue weighted by atomic mass is 16.4. The largest absolute Gasteiger partial charge is 0.438 e. The van der Waals surface area contributed by atoms with Crippen LogP contribution in [0.5, 0.6) is 0 Å². The fourth-order valence-electron chi connectivity index (χ4n) is 1.21. The van der Waals surface area contributed by atoms with E-state index in [0.717, 1.165) is 0 Å². The Labute approximate surface area is 75.0 Å². The van der Waals surface area contributed by atoms with Crippen molar-refractivity contribution in [3.05, 3.63) is 17.8 Å². The van der Waals surface area contributed by atoms with Crippen molar-refractivity contribution in [3.63, 3.8) is 0 Å². The van der Waals surface area contributed by atoms with Crippen LogP contribution in [-0.2, 0) is 0 Å². The number of aliphatic hydroxyl groups excluding tert-OH is 1. The summed E-state index contributed by atoms with van der Waals surface area (Å²) >= 11 is 0. The number of aryl methyl sites for hydroxylation is 1. The molecular weight excluding hydrogens is 172 g/mol. The van der Waals surface area contributed by atoms with Gasteiger partial charge in [0, 0.05) is 13.1 Å². The van der Waals surface area contributed by atoms with E-state index in [1.54, 1.807) is 6.92 Å². The Kier molecular flexibility index (Phi) is 1.81. The van der Waals surface area contributed by atoms with E-state index in [4.69, 9.17) is 9.52 Å². The fraction of sp³-hybridized carbons (Fsp3) is 0.500. The zero-order valence-electron chi connectivity index (χ0n) is 7.23. The number of carbonyl (C=O) groups excluding carboxylic acids is 1. The van der Waals surface area contributed by atoms with Gasteiger partial charge in [0.25, 0.3) is 5.89 Å². The SMILES string of the molecule is Cc1cnc(C(=O)N2CC(O)C2)o1. The number of amides is 1. The molecule has 0 aromatic carbocycles. The highest BCUT2D eigenvalue weighted by Crippen LogP contribution is 2.12. The first kappa shape index (κ1) is 8.25. The van der Waals surface area contributed by atoms with Crippen LogP contribution in [0.4, 0.5) is 0 Å². The van der Waals surface area contributed by atoms with E-state index in [1.165, 1.54) is 11.1 Å². The summed E-state index contributed by atoms with van der Waals surface area (Å²) in [6, 6.07) is 0. The first-order valence-electron chi connectivity index (χ1n) is 4.06. The van der Waals surface area contributed by atoms with Gasteiger partial charge in [0.2, 0.25) is 0 Å². The van der Waals surface area contributed by atoms with Crippen molar-refractivity contribution in [3.8, 4) is 0 Å². The Hall–Kier alpha value is -1.36. The van der Waals surface area contributed by atoms with Crippen LogP contribution < -0.4 is 0 Å². The number of aromatic nitrogens is 1. The fourth-order valence-corrected chi connectivity index (χ4v) is 1.21. The molecule has 0 aliphatic carbocycles. The van der Waals surface area contributed by atoms with Crippen molar-refractivity contribution in [2.45, 2.75) is 13.0 Å². The summed E-state index contributed by atoms with van der Waals surface area (Å²) in [4.78, 5) is 16.7. The van der Waals surface area contributed by atoms with Crippen molar-refractivity contribution >= 4 is 5.91 Å². The third kappa shape index (κ3) is 1.42. The van der Waals surface area contributed by atoms with Gasteiger partial charge in [-0.2, -0.15) is 0 Å². The van der Waals surface area contributed by atoms with Crippen molar-refractivity contribution in [1.82, 2.24) is 9.88 Å². The summed E-state index contributed by atoms with van der Waals surface area (Å²) in [6.07, 6.45) is 1.11. The lowest BCUT2D eigenvalue weighted by atomic mass is 10.2. The molecule has 1 amide bonds. The first-order chi connectivity index (χ1) is 6.16. The van der Waals surface area contributed by atoms with E-state index in [1.807, 2.05) is 0 Å². The van der Waals surface area contributed by atoms with Gasteiger partial charge in [0.1, 0.15) is 5.76 Å². The van der Waals surface area contributed by atoms with Crippen LogP contribution in [0.25, 0.3) is 0 Å². The van der Waals surface area contributed by atoms with E-state index in [0.29, 0.717) is 18.8 Å². The molecule has 0 unspecified atom stereocenters. The Balaban J connectivity index is 2.06. The van der Waals surface area contributed by atoms with Crippen LogP contribution in [0.15, 0.2) is 10.6 Å². The molecule has 5 heteroatoms. The first-order valence-corrected chi connectivity index (χ1v) is 4.06. The van der Waals surface area contributed by atoms with Crippen LogP contribution in [0.3, 0.4) is 0 Å². The van der Waals surface area contributed by atoms with Crippen molar-refractivity contribution in [2.24, 2.45) is 0 Å². The minimum absolute atomic E-state index is 0.101. The van der Waals surface area contributed by atoms with Crippen LogP contribution in [0.2, 0.25) is 0 Å². The number of nitrogens with zero attached hydrogens (tertiary/aromatic N) is 2. The van der Waals surface area contributed by atoms with Gasteiger partial charge in [-0.15, -0.1) is 0 Å². The molecule has 1 N–H and O–H groups in total. The van der Waals surface area contributed by atoms with Gasteiger partial charge >= 0.3 is 5.91 Å². The summed E-state index contributed by atoms with van der Waals surface area (Å²) in [5.74, 6) is 0.465. The Bertz CT molecular complexity index is 328. The van der Waals surface area contributed by atoms with Gasteiger partial charge < -0.3 is 14.4 Å². The molecule has 1 fully saturated rings. The smallest absolute Gasteiger partial charge is 0.309 e. The molecule has 0 radical (unpaired) electrons. The van der Waals surface area contributed by atoms with Gasteiger partial charge in [-0.1, -0.05) is 0 Å². The number of rotatable bonds is 1. The minimum Gasteiger partial charge on any atom is -0.438 e. The van der Waals surface area contributed by atoms with Gasteiger partial charge in [-0.05, 0) is 6.92 Å². The van der Waals surface area contributed by atoms with Gasteiger partial charge in [-0.3, -0.25) is 4.79 Å². The molecule has 0 atom stereocenters. The second-order valence-corrected chi connectivity index (χ2v) is 3.14. The maximum Gasteiger partial charge on any atom is 0.309 e. The number of hydrogen-bond acceptors (Lipinski definition) is 4. The van der Waals surface area contributed by atoms with Crippen molar-refractivity contribution in [1.29, 1.82) is 0 Å². The lowest BCUT2D eigenvalue weighted by molar-refractivity contribution is 0.00334. The monoisotopic (exact) mass is 182 g/mol. The molecule has 70 valence electrons. The molecule has 1 aromatic heterocycles. The normalized spacial score (nSPS) is 17.2. The Morgan fingerprint density at radius 3 is 2.92 bits per heavy atom. The van der Waals surface area contributed by atoms with Crippen LogP contribution >= 0.6 is 0 Å². The van der Waals surface area contributed by atoms with Gasteiger partial charge in [0.15, 0.2) is 0 Å². The molecular formula is C8H10N2O3. The summed E-state index contributed by atoms with van der Waals surface area (Å²) in [5.41, 5.74) is 0. The molecule has 5 nitrogen and oxygen atoms in total. The van der Waals surface area contributed by atoms with Crippen LogP contribution in [0.1, 0.15) is 16.4 Å². The summed E-state index contributed by atoms with van der Waals surface area (Å²) in [5, 5.41) is 8.97. The molecule has 13 heavy (non-hydrogen) atoms. The summed E-state index contributed by atoms with van der Waals surface area (Å²) < 4.78 is 5.05. The van der Waals surface area contributed by atoms with E-state index in [2.05, 4.69) is 4.98 Å². The van der Waals surface area contributed by atoms with Gasteiger partial charge in [-0.25, -0.2) is 4.98 Å². The second-order valence-electron chi connectivity index (χ2n) is 3.14. The Morgan fingerprint density at radius 1 is 1.77 bits per heavy atom. The highest BCUT2D eigenvalue weighted by Gasteiger charge is 2.31. The number of β-amino-alcohol motifs (C(OH)–C–C–N with tert-alkyl or cyclic N) is 1.